The molecule has 0 atom stereocenters. The van der Waals surface area contributed by atoms with Gasteiger partial charge in [0.05, 0.1) is 6.57 Å². The number of carbonyl (C=O) groups is 1. The molecule has 0 spiro atoms. The largest absolute Gasteiger partial charge is 0.345 e. The van der Waals surface area contributed by atoms with Crippen LogP contribution < -0.4 is 0 Å². The fraction of sp³-hybridized carbons (Fsp3) is 0.200. The Bertz CT molecular complexity index is 407. The van der Waals surface area contributed by atoms with Crippen molar-refractivity contribution in [3.05, 3.63) is 41.0 Å². The van der Waals surface area contributed by atoms with E-state index in [4.69, 9.17) is 6.57 Å². The van der Waals surface area contributed by atoms with Crippen molar-refractivity contribution >= 4 is 11.6 Å². The molecule has 0 N–H and O–H groups in total. The van der Waals surface area contributed by atoms with Gasteiger partial charge in [0.25, 0.3) is 5.91 Å². The van der Waals surface area contributed by atoms with Gasteiger partial charge in [-0.3, -0.25) is 4.79 Å². The van der Waals surface area contributed by atoms with E-state index >= 15 is 0 Å². The van der Waals surface area contributed by atoms with Gasteiger partial charge in [0.2, 0.25) is 0 Å². The second-order valence-electron chi connectivity index (χ2n) is 3.01. The van der Waals surface area contributed by atoms with Gasteiger partial charge in [-0.2, -0.15) is 0 Å². The maximum absolute atomic E-state index is 12.9. The third-order valence-electron chi connectivity index (χ3n) is 1.66. The maximum Gasteiger partial charge on any atom is 0.252 e. The summed E-state index contributed by atoms with van der Waals surface area (Å²) in [5.74, 6) is -0.877. The fourth-order valence-corrected chi connectivity index (χ4v) is 1.02. The molecule has 1 aromatic carbocycles. The number of hydrogen-bond acceptors (Lipinski definition) is 1. The van der Waals surface area contributed by atoms with Crippen LogP contribution in [0.5, 0.6) is 0 Å². The molecule has 0 aliphatic rings. The zero-order valence-electron chi connectivity index (χ0n) is 7.91. The summed E-state index contributed by atoms with van der Waals surface area (Å²) < 4.78 is 12.9. The number of hydrogen-bond donors (Lipinski definition) is 0. The van der Waals surface area contributed by atoms with Crippen LogP contribution >= 0.6 is 0 Å². The normalized spacial score (nSPS) is 9.29. The lowest BCUT2D eigenvalue weighted by Crippen LogP contribution is -2.21. The quantitative estimate of drug-likeness (QED) is 0.625. The molecule has 0 aromatic heterocycles. The molecule has 0 unspecified atom stereocenters. The SMILES string of the molecule is [C-]#[N+]c1cc(F)cc(C(=O)N(C)C)c1. The Morgan fingerprint density at radius 1 is 1.43 bits per heavy atom. The molecule has 3 nitrogen and oxygen atoms in total. The molecule has 0 heterocycles. The van der Waals surface area contributed by atoms with Crippen molar-refractivity contribution in [3.8, 4) is 0 Å². The molecule has 0 saturated carbocycles. The van der Waals surface area contributed by atoms with Crippen LogP contribution in [-0.4, -0.2) is 24.9 Å². The lowest BCUT2D eigenvalue weighted by Gasteiger charge is -2.10. The molecule has 0 aliphatic carbocycles. The molecule has 0 saturated heterocycles. The molecule has 1 amide bonds. The summed E-state index contributed by atoms with van der Waals surface area (Å²) in [5, 5.41) is 0. The van der Waals surface area contributed by atoms with Crippen LogP contribution in [0, 0.1) is 12.4 Å². The molecule has 0 fully saturated rings. The predicted octanol–water partition coefficient (Wildman–Crippen LogP) is 2.08. The van der Waals surface area contributed by atoms with Gasteiger partial charge >= 0.3 is 0 Å². The Labute approximate surface area is 81.6 Å². The fourth-order valence-electron chi connectivity index (χ4n) is 1.02. The molecule has 0 radical (unpaired) electrons. The van der Waals surface area contributed by atoms with E-state index in [0.29, 0.717) is 0 Å². The number of benzene rings is 1. The highest BCUT2D eigenvalue weighted by Gasteiger charge is 2.10. The van der Waals surface area contributed by atoms with E-state index in [1.54, 1.807) is 14.1 Å². The van der Waals surface area contributed by atoms with E-state index in [-0.39, 0.29) is 17.2 Å². The molecule has 1 aromatic rings. The van der Waals surface area contributed by atoms with Crippen LogP contribution in [0.25, 0.3) is 4.85 Å². The molecule has 72 valence electrons. The summed E-state index contributed by atoms with van der Waals surface area (Å²) in [6.07, 6.45) is 0. The van der Waals surface area contributed by atoms with E-state index in [0.717, 1.165) is 12.1 Å². The van der Waals surface area contributed by atoms with Crippen LogP contribution in [0.2, 0.25) is 0 Å². The van der Waals surface area contributed by atoms with Crippen LogP contribution in [0.4, 0.5) is 10.1 Å². The Balaban J connectivity index is 3.17. The predicted molar refractivity (Wildman–Crippen MR) is 50.7 cm³/mol. The summed E-state index contributed by atoms with van der Waals surface area (Å²) in [4.78, 5) is 15.8. The average Bonchev–Trinajstić information content (AvgIpc) is 2.15. The van der Waals surface area contributed by atoms with Crippen molar-refractivity contribution in [3.63, 3.8) is 0 Å². The van der Waals surface area contributed by atoms with Gasteiger partial charge in [0.1, 0.15) is 5.82 Å². The van der Waals surface area contributed by atoms with Gasteiger partial charge in [0, 0.05) is 19.7 Å². The molecule has 0 aliphatic heterocycles. The van der Waals surface area contributed by atoms with Crippen LogP contribution in [0.15, 0.2) is 18.2 Å². The van der Waals surface area contributed by atoms with Crippen LogP contribution in [0.3, 0.4) is 0 Å². The third-order valence-corrected chi connectivity index (χ3v) is 1.66. The van der Waals surface area contributed by atoms with Crippen LogP contribution in [0.1, 0.15) is 10.4 Å². The van der Waals surface area contributed by atoms with Gasteiger partial charge in [-0.15, -0.1) is 0 Å². The third kappa shape index (κ3) is 2.07. The molecule has 1 rings (SSSR count). The van der Waals surface area contributed by atoms with Gasteiger partial charge in [-0.05, 0) is 18.2 Å². The monoisotopic (exact) mass is 192 g/mol. The van der Waals surface area contributed by atoms with Crippen molar-refractivity contribution in [2.75, 3.05) is 14.1 Å². The number of amides is 1. The Morgan fingerprint density at radius 2 is 2.07 bits per heavy atom. The zero-order chi connectivity index (χ0) is 10.7. The smallest absolute Gasteiger partial charge is 0.252 e. The standard InChI is InChI=1S/C10H9FN2O/c1-12-9-5-7(4-8(11)6-9)10(14)13(2)3/h4-6H,2-3H3. The molecular formula is C10H9FN2O. The van der Waals surface area contributed by atoms with Gasteiger partial charge in [0.15, 0.2) is 5.69 Å². The summed E-state index contributed by atoms with van der Waals surface area (Å²) in [7, 11) is 3.15. The zero-order valence-corrected chi connectivity index (χ0v) is 7.91. The highest BCUT2D eigenvalue weighted by atomic mass is 19.1. The Morgan fingerprint density at radius 3 is 2.57 bits per heavy atom. The number of carbonyl (C=O) groups excluding carboxylic acids is 1. The first-order valence-electron chi connectivity index (χ1n) is 3.94. The first-order valence-corrected chi connectivity index (χ1v) is 3.94. The minimum absolute atomic E-state index is 0.134. The second kappa shape index (κ2) is 3.88. The van der Waals surface area contributed by atoms with Crippen molar-refractivity contribution < 1.29 is 9.18 Å². The summed E-state index contributed by atoms with van der Waals surface area (Å²) >= 11 is 0. The maximum atomic E-state index is 12.9. The Kier molecular flexibility index (Phi) is 2.82. The average molecular weight is 192 g/mol. The summed E-state index contributed by atoms with van der Waals surface area (Å²) in [6, 6.07) is 3.59. The van der Waals surface area contributed by atoms with Gasteiger partial charge in [-0.25, -0.2) is 9.24 Å². The number of rotatable bonds is 1. The van der Waals surface area contributed by atoms with E-state index in [1.807, 2.05) is 0 Å². The van der Waals surface area contributed by atoms with Crippen molar-refractivity contribution in [1.29, 1.82) is 0 Å². The first kappa shape index (κ1) is 10.2. The number of halogens is 1. The van der Waals surface area contributed by atoms with Gasteiger partial charge < -0.3 is 4.90 Å². The minimum atomic E-state index is -0.566. The highest BCUT2D eigenvalue weighted by molar-refractivity contribution is 5.94. The molecule has 4 heteroatoms. The lowest BCUT2D eigenvalue weighted by atomic mass is 10.2. The van der Waals surface area contributed by atoms with E-state index < -0.39 is 5.82 Å². The Hall–Kier alpha value is -1.89. The molecular weight excluding hydrogens is 183 g/mol. The van der Waals surface area contributed by atoms with Gasteiger partial charge in [-0.1, -0.05) is 0 Å². The summed E-state index contributed by atoms with van der Waals surface area (Å²) in [6.45, 7) is 6.72. The van der Waals surface area contributed by atoms with E-state index in [9.17, 15) is 9.18 Å². The first-order chi connectivity index (χ1) is 6.54. The lowest BCUT2D eigenvalue weighted by molar-refractivity contribution is 0.0827. The van der Waals surface area contributed by atoms with Crippen molar-refractivity contribution in [2.45, 2.75) is 0 Å². The molecule has 14 heavy (non-hydrogen) atoms. The highest BCUT2D eigenvalue weighted by Crippen LogP contribution is 2.17. The number of nitrogens with zero attached hydrogens (tertiary/aromatic N) is 2. The summed E-state index contributed by atoms with van der Waals surface area (Å²) in [5.41, 5.74) is 0.330. The van der Waals surface area contributed by atoms with Crippen molar-refractivity contribution in [2.24, 2.45) is 0 Å². The van der Waals surface area contributed by atoms with Crippen LogP contribution in [-0.2, 0) is 0 Å². The topological polar surface area (TPSA) is 24.7 Å². The molecule has 0 bridgehead atoms. The van der Waals surface area contributed by atoms with E-state index in [1.165, 1.54) is 11.0 Å². The van der Waals surface area contributed by atoms with E-state index in [2.05, 4.69) is 4.85 Å². The minimum Gasteiger partial charge on any atom is -0.345 e. The van der Waals surface area contributed by atoms with Crippen molar-refractivity contribution in [1.82, 2.24) is 4.90 Å². The second-order valence-corrected chi connectivity index (χ2v) is 3.01.